The smallest absolute Gasteiger partial charge is 0.318 e. The van der Waals surface area contributed by atoms with Crippen molar-refractivity contribution in [3.8, 4) is 11.1 Å². The van der Waals surface area contributed by atoms with Gasteiger partial charge in [0.15, 0.2) is 0 Å². The van der Waals surface area contributed by atoms with Crippen molar-refractivity contribution in [3.63, 3.8) is 0 Å². The number of benzene rings is 2. The Morgan fingerprint density at radius 3 is 2.26 bits per heavy atom. The average molecular weight is 368 g/mol. The van der Waals surface area contributed by atoms with Gasteiger partial charge >= 0.3 is 6.03 Å². The van der Waals surface area contributed by atoms with Crippen LogP contribution in [0.1, 0.15) is 30.3 Å². The zero-order valence-corrected chi connectivity index (χ0v) is 15.4. The third-order valence-electron chi connectivity index (χ3n) is 4.22. The maximum atomic E-state index is 13.0. The van der Waals surface area contributed by atoms with Crippen LogP contribution >= 0.6 is 0 Å². The fourth-order valence-electron chi connectivity index (χ4n) is 2.66. The Kier molecular flexibility index (Phi) is 5.49. The van der Waals surface area contributed by atoms with Crippen LogP contribution in [0.4, 0.5) is 9.18 Å². The number of nitrogens with zero attached hydrogens (tertiary/aromatic N) is 3. The van der Waals surface area contributed by atoms with Crippen molar-refractivity contribution in [1.29, 1.82) is 0 Å². The van der Waals surface area contributed by atoms with E-state index >= 15 is 0 Å². The molecule has 0 saturated heterocycles. The summed E-state index contributed by atoms with van der Waals surface area (Å²) < 4.78 is 18.3. The van der Waals surface area contributed by atoms with Gasteiger partial charge in [-0.15, -0.1) is 10.2 Å². The van der Waals surface area contributed by atoms with E-state index in [0.717, 1.165) is 16.7 Å². The van der Waals surface area contributed by atoms with E-state index in [1.165, 1.54) is 17.0 Å². The molecule has 1 unspecified atom stereocenters. The molecule has 7 heteroatoms. The second kappa shape index (κ2) is 7.99. The van der Waals surface area contributed by atoms with Crippen LogP contribution in [0.15, 0.2) is 52.9 Å². The predicted molar refractivity (Wildman–Crippen MR) is 99.3 cm³/mol. The number of rotatable bonds is 5. The standard InChI is InChI=1S/C20H21FN4O2/c1-13(22-20(26)25(3)12-19-24-23-14(2)27-19)15-4-6-16(7-5-15)17-8-10-18(21)11-9-17/h4-11,13H,12H2,1-3H3,(H,22,26). The average Bonchev–Trinajstić information content (AvgIpc) is 3.07. The molecule has 0 fully saturated rings. The summed E-state index contributed by atoms with van der Waals surface area (Å²) in [5.74, 6) is 0.599. The van der Waals surface area contributed by atoms with E-state index in [1.54, 1.807) is 26.1 Å². The van der Waals surface area contributed by atoms with Crippen molar-refractivity contribution < 1.29 is 13.6 Å². The summed E-state index contributed by atoms with van der Waals surface area (Å²) in [6.45, 7) is 3.85. The number of carbonyl (C=O) groups is 1. The van der Waals surface area contributed by atoms with E-state index in [4.69, 9.17) is 4.42 Å². The zero-order valence-electron chi connectivity index (χ0n) is 15.4. The fraction of sp³-hybridized carbons (Fsp3) is 0.250. The van der Waals surface area contributed by atoms with Crippen molar-refractivity contribution in [3.05, 3.63) is 71.7 Å². The molecule has 0 spiro atoms. The highest BCUT2D eigenvalue weighted by Crippen LogP contribution is 2.22. The highest BCUT2D eigenvalue weighted by Gasteiger charge is 2.16. The van der Waals surface area contributed by atoms with E-state index in [9.17, 15) is 9.18 Å². The Morgan fingerprint density at radius 2 is 1.70 bits per heavy atom. The summed E-state index contributed by atoms with van der Waals surface area (Å²) in [6, 6.07) is 13.8. The number of hydrogen-bond acceptors (Lipinski definition) is 4. The van der Waals surface area contributed by atoms with Crippen molar-refractivity contribution in [2.75, 3.05) is 7.05 Å². The van der Waals surface area contributed by atoms with Crippen LogP contribution in [0.2, 0.25) is 0 Å². The van der Waals surface area contributed by atoms with Gasteiger partial charge in [0.25, 0.3) is 0 Å². The number of carbonyl (C=O) groups excluding carboxylic acids is 1. The lowest BCUT2D eigenvalue weighted by molar-refractivity contribution is 0.198. The number of halogens is 1. The molecule has 1 heterocycles. The molecule has 1 aromatic heterocycles. The lowest BCUT2D eigenvalue weighted by Crippen LogP contribution is -2.38. The Morgan fingerprint density at radius 1 is 1.11 bits per heavy atom. The van der Waals surface area contributed by atoms with Crippen LogP contribution in [-0.4, -0.2) is 28.2 Å². The molecule has 3 rings (SSSR count). The van der Waals surface area contributed by atoms with Gasteiger partial charge in [0.1, 0.15) is 12.4 Å². The molecule has 2 aromatic carbocycles. The summed E-state index contributed by atoms with van der Waals surface area (Å²) in [7, 11) is 1.67. The van der Waals surface area contributed by atoms with Crippen LogP contribution in [0.25, 0.3) is 11.1 Å². The van der Waals surface area contributed by atoms with Crippen LogP contribution < -0.4 is 5.32 Å². The minimum Gasteiger partial charge on any atom is -0.424 e. The first kappa shape index (κ1) is 18.6. The van der Waals surface area contributed by atoms with Gasteiger partial charge in [0, 0.05) is 14.0 Å². The number of aryl methyl sites for hydroxylation is 1. The first-order chi connectivity index (χ1) is 12.9. The van der Waals surface area contributed by atoms with Gasteiger partial charge in [0.05, 0.1) is 6.04 Å². The Balaban J connectivity index is 1.60. The van der Waals surface area contributed by atoms with Crippen molar-refractivity contribution in [2.24, 2.45) is 0 Å². The van der Waals surface area contributed by atoms with Gasteiger partial charge in [-0.25, -0.2) is 9.18 Å². The molecule has 140 valence electrons. The van der Waals surface area contributed by atoms with E-state index in [2.05, 4.69) is 15.5 Å². The molecule has 1 N–H and O–H groups in total. The third kappa shape index (κ3) is 4.69. The van der Waals surface area contributed by atoms with E-state index in [-0.39, 0.29) is 24.4 Å². The third-order valence-corrected chi connectivity index (χ3v) is 4.22. The normalized spacial score (nSPS) is 11.9. The molecule has 0 aliphatic carbocycles. The van der Waals surface area contributed by atoms with Gasteiger partial charge in [-0.1, -0.05) is 36.4 Å². The van der Waals surface area contributed by atoms with Crippen LogP contribution in [0.5, 0.6) is 0 Å². The van der Waals surface area contributed by atoms with Crippen LogP contribution in [-0.2, 0) is 6.54 Å². The summed E-state index contributed by atoms with van der Waals surface area (Å²) in [5, 5.41) is 10.6. The molecule has 6 nitrogen and oxygen atoms in total. The fourth-order valence-corrected chi connectivity index (χ4v) is 2.66. The van der Waals surface area contributed by atoms with Crippen molar-refractivity contribution in [2.45, 2.75) is 26.4 Å². The highest BCUT2D eigenvalue weighted by atomic mass is 19.1. The lowest BCUT2D eigenvalue weighted by Gasteiger charge is -2.20. The molecule has 0 bridgehead atoms. The lowest BCUT2D eigenvalue weighted by atomic mass is 10.0. The van der Waals surface area contributed by atoms with Crippen LogP contribution in [0.3, 0.4) is 0 Å². The minimum atomic E-state index is -0.258. The summed E-state index contributed by atoms with van der Waals surface area (Å²) in [6.07, 6.45) is 0. The molecule has 3 aromatic rings. The van der Waals surface area contributed by atoms with Gasteiger partial charge < -0.3 is 14.6 Å². The monoisotopic (exact) mass is 368 g/mol. The summed E-state index contributed by atoms with van der Waals surface area (Å²) in [4.78, 5) is 13.8. The maximum Gasteiger partial charge on any atom is 0.318 e. The SMILES string of the molecule is Cc1nnc(CN(C)C(=O)NC(C)c2ccc(-c3ccc(F)cc3)cc2)o1. The summed E-state index contributed by atoms with van der Waals surface area (Å²) >= 11 is 0. The highest BCUT2D eigenvalue weighted by molar-refractivity contribution is 5.74. The molecule has 27 heavy (non-hydrogen) atoms. The van der Waals surface area contributed by atoms with Crippen molar-refractivity contribution >= 4 is 6.03 Å². The minimum absolute atomic E-state index is 0.174. The Hall–Kier alpha value is -3.22. The number of hydrogen-bond donors (Lipinski definition) is 1. The first-order valence-electron chi connectivity index (χ1n) is 8.59. The van der Waals surface area contributed by atoms with Gasteiger partial charge in [0.2, 0.25) is 11.8 Å². The first-order valence-corrected chi connectivity index (χ1v) is 8.59. The Labute approximate surface area is 157 Å². The van der Waals surface area contributed by atoms with E-state index < -0.39 is 0 Å². The predicted octanol–water partition coefficient (Wildman–Crippen LogP) is 4.09. The maximum absolute atomic E-state index is 13.0. The van der Waals surface area contributed by atoms with Gasteiger partial charge in [-0.05, 0) is 35.7 Å². The molecular formula is C20H21FN4O2. The number of urea groups is 1. The topological polar surface area (TPSA) is 71.3 Å². The van der Waals surface area contributed by atoms with E-state index in [0.29, 0.717) is 11.8 Å². The second-order valence-corrected chi connectivity index (χ2v) is 6.37. The Bertz CT molecular complexity index is 906. The summed E-state index contributed by atoms with van der Waals surface area (Å²) in [5.41, 5.74) is 2.90. The second-order valence-electron chi connectivity index (χ2n) is 6.37. The molecule has 2 amide bonds. The number of nitrogens with one attached hydrogen (secondary N) is 1. The molecule has 0 saturated carbocycles. The van der Waals surface area contributed by atoms with Crippen LogP contribution in [0, 0.1) is 12.7 Å². The molecular weight excluding hydrogens is 347 g/mol. The largest absolute Gasteiger partial charge is 0.424 e. The molecule has 0 aliphatic heterocycles. The van der Waals surface area contributed by atoms with Gasteiger partial charge in [-0.3, -0.25) is 0 Å². The van der Waals surface area contributed by atoms with Gasteiger partial charge in [-0.2, -0.15) is 0 Å². The number of aromatic nitrogens is 2. The molecule has 0 aliphatic rings. The van der Waals surface area contributed by atoms with Crippen molar-refractivity contribution in [1.82, 2.24) is 20.4 Å². The molecule has 1 atom stereocenters. The quantitative estimate of drug-likeness (QED) is 0.736. The zero-order chi connectivity index (χ0) is 19.4. The van der Waals surface area contributed by atoms with E-state index in [1.807, 2.05) is 31.2 Å². The molecule has 0 radical (unpaired) electrons. The number of amides is 2.